The third-order valence-electron chi connectivity index (χ3n) is 4.07. The highest BCUT2D eigenvalue weighted by molar-refractivity contribution is 8.15. The number of hydrogen-bond donors (Lipinski definition) is 2. The Morgan fingerprint density at radius 1 is 1.21 bits per heavy atom. The maximum Gasteiger partial charge on any atom is 0.335 e. The Morgan fingerprint density at radius 3 is 2.66 bits per heavy atom. The summed E-state index contributed by atoms with van der Waals surface area (Å²) in [4.78, 5) is 41.9. The first-order chi connectivity index (χ1) is 13.7. The summed E-state index contributed by atoms with van der Waals surface area (Å²) in [5, 5.41) is 12.1. The van der Waals surface area contributed by atoms with Crippen molar-refractivity contribution in [2.24, 2.45) is 4.99 Å². The third kappa shape index (κ3) is 5.09. The number of anilines is 1. The average molecular weight is 452 g/mol. The second-order valence-corrected chi connectivity index (χ2v) is 8.12. The molecule has 2 aromatic carbocycles. The van der Waals surface area contributed by atoms with Gasteiger partial charge in [0.15, 0.2) is 5.17 Å². The highest BCUT2D eigenvalue weighted by Gasteiger charge is 2.34. The van der Waals surface area contributed by atoms with Gasteiger partial charge in [0.05, 0.1) is 21.3 Å². The number of amidine groups is 1. The molecular formula is C19H15Cl2N3O4S. The Labute approximate surface area is 180 Å². The van der Waals surface area contributed by atoms with Crippen molar-refractivity contribution < 1.29 is 19.5 Å². The SMILES string of the molecule is CN1C(=O)CC(C(=O)Nc2cccc(C(=O)O)c2)SC1=Nc1ccc(Cl)c(Cl)c1. The van der Waals surface area contributed by atoms with Crippen LogP contribution in [0.2, 0.25) is 10.0 Å². The van der Waals surface area contributed by atoms with Gasteiger partial charge in [-0.3, -0.25) is 14.5 Å². The van der Waals surface area contributed by atoms with Gasteiger partial charge in [0.25, 0.3) is 0 Å². The van der Waals surface area contributed by atoms with E-state index in [0.29, 0.717) is 26.6 Å². The fourth-order valence-electron chi connectivity index (χ4n) is 2.52. The molecule has 7 nitrogen and oxygen atoms in total. The average Bonchev–Trinajstić information content (AvgIpc) is 2.68. The van der Waals surface area contributed by atoms with Crippen LogP contribution in [0, 0.1) is 0 Å². The van der Waals surface area contributed by atoms with E-state index in [-0.39, 0.29) is 17.9 Å². The lowest BCUT2D eigenvalue weighted by molar-refractivity contribution is -0.128. The number of carbonyl (C=O) groups excluding carboxylic acids is 2. The second-order valence-electron chi connectivity index (χ2n) is 6.13. The van der Waals surface area contributed by atoms with Gasteiger partial charge in [-0.25, -0.2) is 9.79 Å². The van der Waals surface area contributed by atoms with Crippen molar-refractivity contribution in [2.75, 3.05) is 12.4 Å². The van der Waals surface area contributed by atoms with Crippen LogP contribution >= 0.6 is 35.0 Å². The maximum atomic E-state index is 12.7. The topological polar surface area (TPSA) is 99.1 Å². The first-order valence-corrected chi connectivity index (χ1v) is 9.99. The number of hydrogen-bond acceptors (Lipinski definition) is 5. The highest BCUT2D eigenvalue weighted by Crippen LogP contribution is 2.31. The summed E-state index contributed by atoms with van der Waals surface area (Å²) in [6.45, 7) is 0. The zero-order chi connectivity index (χ0) is 21.1. The molecule has 1 fully saturated rings. The molecule has 0 spiro atoms. The standard InChI is InChI=1S/C19H15Cl2N3O4S/c1-24-16(25)9-15(17(26)22-11-4-2-3-10(7-11)18(27)28)29-19(24)23-12-5-6-13(20)14(21)8-12/h2-8,15H,9H2,1H3,(H,22,26)(H,27,28). The number of aromatic carboxylic acids is 1. The molecule has 2 N–H and O–H groups in total. The molecule has 0 saturated carbocycles. The number of benzene rings is 2. The molecule has 3 rings (SSSR count). The Bertz CT molecular complexity index is 1030. The Morgan fingerprint density at radius 2 is 1.97 bits per heavy atom. The zero-order valence-corrected chi connectivity index (χ0v) is 17.4. The highest BCUT2D eigenvalue weighted by atomic mass is 35.5. The van der Waals surface area contributed by atoms with E-state index in [9.17, 15) is 14.4 Å². The van der Waals surface area contributed by atoms with Crippen molar-refractivity contribution in [3.05, 3.63) is 58.1 Å². The Hall–Kier alpha value is -2.55. The fourth-order valence-corrected chi connectivity index (χ4v) is 3.87. The number of carboxylic acid groups (broad SMARTS) is 1. The Kier molecular flexibility index (Phi) is 6.46. The van der Waals surface area contributed by atoms with Gasteiger partial charge in [-0.15, -0.1) is 0 Å². The van der Waals surface area contributed by atoms with E-state index in [1.807, 2.05) is 0 Å². The number of carboxylic acids is 1. The lowest BCUT2D eigenvalue weighted by Gasteiger charge is -2.28. The minimum atomic E-state index is -1.10. The summed E-state index contributed by atoms with van der Waals surface area (Å²) in [7, 11) is 1.58. The van der Waals surface area contributed by atoms with Gasteiger partial charge >= 0.3 is 5.97 Å². The first kappa shape index (κ1) is 21.2. The first-order valence-electron chi connectivity index (χ1n) is 8.36. The van der Waals surface area contributed by atoms with Crippen molar-refractivity contribution in [2.45, 2.75) is 11.7 Å². The molecule has 2 aromatic rings. The van der Waals surface area contributed by atoms with E-state index in [1.165, 1.54) is 23.1 Å². The van der Waals surface area contributed by atoms with Crippen molar-refractivity contribution >= 4 is 69.3 Å². The summed E-state index contributed by atoms with van der Waals surface area (Å²) in [6, 6.07) is 10.7. The number of thioether (sulfide) groups is 1. The monoisotopic (exact) mass is 451 g/mol. The molecule has 2 amide bonds. The van der Waals surface area contributed by atoms with Crippen molar-refractivity contribution in [3.8, 4) is 0 Å². The summed E-state index contributed by atoms with van der Waals surface area (Å²) >= 11 is 13.1. The molecule has 150 valence electrons. The largest absolute Gasteiger partial charge is 0.478 e. The molecule has 0 aliphatic carbocycles. The van der Waals surface area contributed by atoms with Gasteiger partial charge in [-0.05, 0) is 36.4 Å². The molecule has 1 saturated heterocycles. The van der Waals surface area contributed by atoms with Crippen molar-refractivity contribution in [1.29, 1.82) is 0 Å². The summed E-state index contributed by atoms with van der Waals surface area (Å²) < 4.78 is 0. The molecule has 1 unspecified atom stereocenters. The van der Waals surface area contributed by atoms with Crippen molar-refractivity contribution in [3.63, 3.8) is 0 Å². The van der Waals surface area contributed by atoms with E-state index in [4.69, 9.17) is 28.3 Å². The van der Waals surface area contributed by atoms with Gasteiger partial charge in [0.1, 0.15) is 5.25 Å². The molecular weight excluding hydrogens is 437 g/mol. The predicted octanol–water partition coefficient (Wildman–Crippen LogP) is 4.28. The van der Waals surface area contributed by atoms with Crippen molar-refractivity contribution in [1.82, 2.24) is 4.90 Å². The molecule has 1 heterocycles. The van der Waals surface area contributed by atoms with Gasteiger partial charge in [0, 0.05) is 19.2 Å². The summed E-state index contributed by atoms with van der Waals surface area (Å²) in [5.74, 6) is -1.77. The molecule has 0 bridgehead atoms. The van der Waals surface area contributed by atoms with Crippen LogP contribution in [-0.2, 0) is 9.59 Å². The number of carbonyl (C=O) groups is 3. The van der Waals surface area contributed by atoms with E-state index >= 15 is 0 Å². The molecule has 10 heteroatoms. The van der Waals surface area contributed by atoms with E-state index in [1.54, 1.807) is 31.3 Å². The summed E-state index contributed by atoms with van der Waals surface area (Å²) in [5.41, 5.74) is 0.887. The second kappa shape index (κ2) is 8.86. The lowest BCUT2D eigenvalue weighted by atomic mass is 10.2. The van der Waals surface area contributed by atoms with E-state index in [0.717, 1.165) is 11.8 Å². The number of nitrogens with zero attached hydrogens (tertiary/aromatic N) is 2. The van der Waals surface area contributed by atoms with Crippen LogP contribution in [0.3, 0.4) is 0 Å². The third-order valence-corrected chi connectivity index (χ3v) is 6.05. The minimum absolute atomic E-state index is 0.00792. The lowest BCUT2D eigenvalue weighted by Crippen LogP contribution is -2.43. The van der Waals surface area contributed by atoms with E-state index in [2.05, 4.69) is 10.3 Å². The summed E-state index contributed by atoms with van der Waals surface area (Å²) in [6.07, 6.45) is -0.00792. The molecule has 29 heavy (non-hydrogen) atoms. The van der Waals surface area contributed by atoms with Gasteiger partial charge in [-0.1, -0.05) is 41.0 Å². The number of rotatable bonds is 4. The smallest absolute Gasteiger partial charge is 0.335 e. The predicted molar refractivity (Wildman–Crippen MR) is 114 cm³/mol. The minimum Gasteiger partial charge on any atom is -0.478 e. The van der Waals surface area contributed by atoms with Gasteiger partial charge < -0.3 is 10.4 Å². The number of aliphatic imine (C=N–C) groups is 1. The molecule has 1 atom stereocenters. The zero-order valence-electron chi connectivity index (χ0n) is 15.1. The number of nitrogens with one attached hydrogen (secondary N) is 1. The molecule has 1 aliphatic heterocycles. The quantitative estimate of drug-likeness (QED) is 0.722. The fraction of sp³-hybridized carbons (Fsp3) is 0.158. The van der Waals surface area contributed by atoms with Crippen LogP contribution in [0.15, 0.2) is 47.5 Å². The molecule has 0 aromatic heterocycles. The van der Waals surface area contributed by atoms with Crippen LogP contribution in [0.1, 0.15) is 16.8 Å². The van der Waals surface area contributed by atoms with E-state index < -0.39 is 17.1 Å². The van der Waals surface area contributed by atoms with Gasteiger partial charge in [-0.2, -0.15) is 0 Å². The number of halogens is 2. The van der Waals surface area contributed by atoms with Crippen LogP contribution in [-0.4, -0.2) is 45.3 Å². The van der Waals surface area contributed by atoms with Crippen LogP contribution < -0.4 is 5.32 Å². The van der Waals surface area contributed by atoms with Crippen LogP contribution in [0.5, 0.6) is 0 Å². The van der Waals surface area contributed by atoms with Crippen LogP contribution in [0.4, 0.5) is 11.4 Å². The molecule has 0 radical (unpaired) electrons. The van der Waals surface area contributed by atoms with Gasteiger partial charge in [0.2, 0.25) is 11.8 Å². The molecule has 1 aliphatic rings. The maximum absolute atomic E-state index is 12.7. The Balaban J connectivity index is 1.79. The number of amides is 2. The van der Waals surface area contributed by atoms with Crippen LogP contribution in [0.25, 0.3) is 0 Å². The normalized spacial score (nSPS) is 18.0.